The van der Waals surface area contributed by atoms with Gasteiger partial charge in [-0.2, -0.15) is 8.78 Å². The summed E-state index contributed by atoms with van der Waals surface area (Å²) in [7, 11) is 0. The molecule has 0 spiro atoms. The van der Waals surface area contributed by atoms with Gasteiger partial charge < -0.3 is 10.1 Å². The van der Waals surface area contributed by atoms with Crippen LogP contribution in [0.2, 0.25) is 0 Å². The average molecular weight is 241 g/mol. The van der Waals surface area contributed by atoms with Gasteiger partial charge in [-0.15, -0.1) is 0 Å². The normalized spacial score (nSPS) is 12.5. The highest BCUT2D eigenvalue weighted by Crippen LogP contribution is 2.30. The molecule has 1 aromatic rings. The van der Waals surface area contributed by atoms with Gasteiger partial charge in [0.15, 0.2) is 0 Å². The van der Waals surface area contributed by atoms with E-state index in [1.54, 1.807) is 18.2 Å². The molecule has 4 heteroatoms. The second-order valence-electron chi connectivity index (χ2n) is 3.75. The lowest BCUT2D eigenvalue weighted by atomic mass is 10.00. The van der Waals surface area contributed by atoms with Gasteiger partial charge in [-0.1, -0.05) is 37.3 Å². The highest BCUT2D eigenvalue weighted by molar-refractivity contribution is 5.39. The van der Waals surface area contributed by atoms with E-state index in [0.29, 0.717) is 5.56 Å². The van der Waals surface area contributed by atoms with Crippen LogP contribution in [0.5, 0.6) is 5.75 Å². The van der Waals surface area contributed by atoms with Crippen LogP contribution in [-0.4, -0.2) is 13.2 Å². The van der Waals surface area contributed by atoms with E-state index in [1.807, 2.05) is 13.8 Å². The van der Waals surface area contributed by atoms with E-state index in [4.69, 9.17) is 0 Å². The summed E-state index contributed by atoms with van der Waals surface area (Å²) in [5, 5.41) is 3.19. The van der Waals surface area contributed by atoms with Gasteiger partial charge in [-0.3, -0.25) is 0 Å². The molecule has 0 heterocycles. The van der Waals surface area contributed by atoms with Crippen molar-refractivity contribution in [3.63, 3.8) is 0 Å². The van der Waals surface area contributed by atoms with Crippen molar-refractivity contribution in [1.29, 1.82) is 0 Å². The second-order valence-corrected chi connectivity index (χ2v) is 3.75. The smallest absolute Gasteiger partial charge is 0.387 e. The lowest BCUT2D eigenvalue weighted by Crippen LogP contribution is -2.22. The van der Waals surface area contributed by atoms with Gasteiger partial charge in [0.2, 0.25) is 0 Å². The molecule has 1 rings (SSSR count). The lowest BCUT2D eigenvalue weighted by molar-refractivity contribution is -0.0506. The summed E-state index contributed by atoms with van der Waals surface area (Å²) in [6, 6.07) is 6.59. The number of nitrogens with one attached hydrogen (secondary N) is 1. The molecule has 0 saturated heterocycles. The van der Waals surface area contributed by atoms with E-state index in [0.717, 1.165) is 12.1 Å². The average Bonchev–Trinajstić information content (AvgIpc) is 2.26. The van der Waals surface area contributed by atoms with E-state index < -0.39 is 6.61 Å². The van der Waals surface area contributed by atoms with Crippen LogP contribution in [0.25, 0.3) is 0 Å². The van der Waals surface area contributed by atoms with Crippen LogP contribution >= 0.6 is 0 Å². The molecule has 1 aromatic carbocycles. The number of para-hydroxylation sites is 1. The molecule has 2 nitrogen and oxygen atoms in total. The fraction of sp³-hybridized carbons (Fsp3) is 0.385. The summed E-state index contributed by atoms with van der Waals surface area (Å²) in [5.41, 5.74) is 1.54. The number of hydrogen-bond acceptors (Lipinski definition) is 2. The Hall–Kier alpha value is -1.42. The van der Waals surface area contributed by atoms with Crippen molar-refractivity contribution in [3.05, 3.63) is 42.0 Å². The number of halogens is 2. The molecule has 0 saturated carbocycles. The van der Waals surface area contributed by atoms with Crippen LogP contribution < -0.4 is 10.1 Å². The van der Waals surface area contributed by atoms with Crippen molar-refractivity contribution in [1.82, 2.24) is 5.32 Å². The molecule has 94 valence electrons. The number of rotatable bonds is 6. The Balaban J connectivity index is 3.04. The molecule has 0 aromatic heterocycles. The van der Waals surface area contributed by atoms with E-state index in [1.165, 1.54) is 6.07 Å². The Morgan fingerprint density at radius 3 is 2.59 bits per heavy atom. The summed E-state index contributed by atoms with van der Waals surface area (Å²) in [6.45, 7) is 5.58. The third-order valence-corrected chi connectivity index (χ3v) is 2.35. The summed E-state index contributed by atoms with van der Waals surface area (Å²) in [4.78, 5) is 0. The maximum Gasteiger partial charge on any atom is 0.387 e. The largest absolute Gasteiger partial charge is 0.434 e. The predicted octanol–water partition coefficient (Wildman–Crippen LogP) is 3.51. The van der Waals surface area contributed by atoms with E-state index in [2.05, 4.69) is 16.6 Å². The molecule has 1 unspecified atom stereocenters. The Morgan fingerprint density at radius 2 is 2.06 bits per heavy atom. The first-order valence-corrected chi connectivity index (χ1v) is 5.48. The van der Waals surface area contributed by atoms with Gasteiger partial charge in [0.05, 0.1) is 6.04 Å². The fourth-order valence-electron chi connectivity index (χ4n) is 1.68. The SMILES string of the molecule is C=C(C)C(NCC)c1ccccc1OC(F)F. The number of benzene rings is 1. The minimum Gasteiger partial charge on any atom is -0.434 e. The zero-order valence-corrected chi connectivity index (χ0v) is 10.0. The Bertz CT molecular complexity index is 379. The quantitative estimate of drug-likeness (QED) is 0.769. The Kier molecular flexibility index (Phi) is 5.10. The summed E-state index contributed by atoms with van der Waals surface area (Å²) in [6.07, 6.45) is 0. The van der Waals surface area contributed by atoms with Gasteiger partial charge in [-0.05, 0) is 19.5 Å². The van der Waals surface area contributed by atoms with Gasteiger partial charge in [-0.25, -0.2) is 0 Å². The molecule has 0 aliphatic heterocycles. The standard InChI is InChI=1S/C13H17F2NO/c1-4-16-12(9(2)3)10-7-5-6-8-11(10)17-13(14)15/h5-8,12-13,16H,2,4H2,1,3H3. The number of ether oxygens (including phenoxy) is 1. The molecule has 1 atom stereocenters. The fourth-order valence-corrected chi connectivity index (χ4v) is 1.68. The number of hydrogen-bond donors (Lipinski definition) is 1. The molecule has 0 fully saturated rings. The minimum absolute atomic E-state index is 0.171. The molecular weight excluding hydrogens is 224 g/mol. The predicted molar refractivity (Wildman–Crippen MR) is 64.3 cm³/mol. The first-order valence-electron chi connectivity index (χ1n) is 5.48. The Morgan fingerprint density at radius 1 is 1.41 bits per heavy atom. The lowest BCUT2D eigenvalue weighted by Gasteiger charge is -2.21. The van der Waals surface area contributed by atoms with Gasteiger partial charge in [0.1, 0.15) is 5.75 Å². The maximum absolute atomic E-state index is 12.3. The molecule has 0 radical (unpaired) electrons. The second kappa shape index (κ2) is 6.35. The summed E-state index contributed by atoms with van der Waals surface area (Å²) >= 11 is 0. The van der Waals surface area contributed by atoms with Gasteiger partial charge in [0, 0.05) is 5.56 Å². The van der Waals surface area contributed by atoms with Crippen molar-refractivity contribution in [2.24, 2.45) is 0 Å². The van der Waals surface area contributed by atoms with E-state index in [9.17, 15) is 8.78 Å². The molecule has 0 bridgehead atoms. The number of alkyl halides is 2. The third kappa shape index (κ3) is 3.82. The molecule has 0 aliphatic rings. The zero-order chi connectivity index (χ0) is 12.8. The van der Waals surface area contributed by atoms with Crippen molar-refractivity contribution in [3.8, 4) is 5.75 Å². The minimum atomic E-state index is -2.82. The maximum atomic E-state index is 12.3. The molecule has 17 heavy (non-hydrogen) atoms. The van der Waals surface area contributed by atoms with Crippen molar-refractivity contribution in [2.45, 2.75) is 26.5 Å². The molecule has 0 aliphatic carbocycles. The van der Waals surface area contributed by atoms with Gasteiger partial charge in [0.25, 0.3) is 0 Å². The van der Waals surface area contributed by atoms with Crippen molar-refractivity contribution in [2.75, 3.05) is 6.54 Å². The van der Waals surface area contributed by atoms with Crippen LogP contribution in [0.3, 0.4) is 0 Å². The van der Waals surface area contributed by atoms with Crippen LogP contribution in [0.4, 0.5) is 8.78 Å². The monoisotopic (exact) mass is 241 g/mol. The van der Waals surface area contributed by atoms with E-state index in [-0.39, 0.29) is 11.8 Å². The van der Waals surface area contributed by atoms with Crippen molar-refractivity contribution >= 4 is 0 Å². The first-order chi connectivity index (χ1) is 8.06. The third-order valence-electron chi connectivity index (χ3n) is 2.35. The van der Waals surface area contributed by atoms with E-state index >= 15 is 0 Å². The first kappa shape index (κ1) is 13.6. The van der Waals surface area contributed by atoms with Crippen LogP contribution in [0, 0.1) is 0 Å². The highest BCUT2D eigenvalue weighted by atomic mass is 19.3. The molecule has 1 N–H and O–H groups in total. The van der Waals surface area contributed by atoms with Crippen LogP contribution in [0.15, 0.2) is 36.4 Å². The van der Waals surface area contributed by atoms with Crippen LogP contribution in [-0.2, 0) is 0 Å². The number of likely N-dealkylation sites (N-methyl/N-ethyl adjacent to an activating group) is 1. The molecular formula is C13H17F2NO. The topological polar surface area (TPSA) is 21.3 Å². The molecule has 0 amide bonds. The highest BCUT2D eigenvalue weighted by Gasteiger charge is 2.17. The van der Waals surface area contributed by atoms with Gasteiger partial charge >= 0.3 is 6.61 Å². The van der Waals surface area contributed by atoms with Crippen molar-refractivity contribution < 1.29 is 13.5 Å². The summed E-state index contributed by atoms with van der Waals surface area (Å²) < 4.78 is 29.1. The Labute approximate surface area is 100 Å². The van der Waals surface area contributed by atoms with Crippen LogP contribution in [0.1, 0.15) is 25.5 Å². The zero-order valence-electron chi connectivity index (χ0n) is 10.0. The summed E-state index contributed by atoms with van der Waals surface area (Å²) in [5.74, 6) is 0.191.